The van der Waals surface area contributed by atoms with E-state index >= 15 is 0 Å². The van der Waals surface area contributed by atoms with E-state index < -0.39 is 0 Å². The fraction of sp³-hybridized carbons (Fsp3) is 1.00. The van der Waals surface area contributed by atoms with Gasteiger partial charge in [0.1, 0.15) is 0 Å². The first-order valence-corrected chi connectivity index (χ1v) is 7.34. The van der Waals surface area contributed by atoms with Crippen LogP contribution in [-0.2, 0) is 0 Å². The molecule has 3 heteroatoms. The Morgan fingerprint density at radius 1 is 1.24 bits per heavy atom. The minimum atomic E-state index is 0.328. The summed E-state index contributed by atoms with van der Waals surface area (Å²) in [6.07, 6.45) is 6.65. The van der Waals surface area contributed by atoms with Gasteiger partial charge in [0.2, 0.25) is 0 Å². The molecule has 0 saturated carbocycles. The van der Waals surface area contributed by atoms with Gasteiger partial charge in [-0.3, -0.25) is 4.90 Å². The van der Waals surface area contributed by atoms with E-state index in [4.69, 9.17) is 5.73 Å². The van der Waals surface area contributed by atoms with Gasteiger partial charge in [-0.2, -0.15) is 0 Å². The normalized spacial score (nSPS) is 30.9. The van der Waals surface area contributed by atoms with Crippen LogP contribution in [0.1, 0.15) is 39.0 Å². The highest BCUT2D eigenvalue weighted by atomic mass is 15.3. The van der Waals surface area contributed by atoms with Gasteiger partial charge < -0.3 is 10.6 Å². The second-order valence-corrected chi connectivity index (χ2v) is 6.12. The van der Waals surface area contributed by atoms with E-state index in [1.165, 1.54) is 58.3 Å². The van der Waals surface area contributed by atoms with Gasteiger partial charge in [0.05, 0.1) is 0 Å². The molecule has 2 saturated heterocycles. The molecule has 2 aliphatic rings. The fourth-order valence-electron chi connectivity index (χ4n) is 3.59. The summed E-state index contributed by atoms with van der Waals surface area (Å²) < 4.78 is 0. The van der Waals surface area contributed by atoms with Crippen LogP contribution in [0.3, 0.4) is 0 Å². The smallest absolute Gasteiger partial charge is 0.0356 e. The van der Waals surface area contributed by atoms with Crippen LogP contribution in [0.15, 0.2) is 0 Å². The molecule has 2 fully saturated rings. The zero-order valence-corrected chi connectivity index (χ0v) is 11.6. The van der Waals surface area contributed by atoms with Crippen LogP contribution in [0.4, 0.5) is 0 Å². The molecule has 2 aliphatic heterocycles. The minimum Gasteiger partial charge on any atom is -0.329 e. The molecule has 2 rings (SSSR count). The maximum absolute atomic E-state index is 6.12. The van der Waals surface area contributed by atoms with Crippen LogP contribution in [0, 0.1) is 5.92 Å². The van der Waals surface area contributed by atoms with Gasteiger partial charge in [-0.05, 0) is 58.3 Å². The molecule has 2 N–H and O–H groups in total. The Labute approximate surface area is 106 Å². The fourth-order valence-corrected chi connectivity index (χ4v) is 3.59. The molecule has 0 amide bonds. The van der Waals surface area contributed by atoms with Crippen molar-refractivity contribution < 1.29 is 0 Å². The average Bonchev–Trinajstić information content (AvgIpc) is 2.80. The Bertz CT molecular complexity index is 234. The van der Waals surface area contributed by atoms with E-state index in [0.717, 1.165) is 12.5 Å². The molecular formula is C14H29N3. The van der Waals surface area contributed by atoms with Gasteiger partial charge >= 0.3 is 0 Å². The van der Waals surface area contributed by atoms with Crippen LogP contribution in [-0.4, -0.2) is 55.1 Å². The van der Waals surface area contributed by atoms with Crippen LogP contribution >= 0.6 is 0 Å². The quantitative estimate of drug-likeness (QED) is 0.807. The van der Waals surface area contributed by atoms with Crippen molar-refractivity contribution in [2.75, 3.05) is 39.8 Å². The molecule has 0 aromatic rings. The van der Waals surface area contributed by atoms with Crippen molar-refractivity contribution in [3.63, 3.8) is 0 Å². The summed E-state index contributed by atoms with van der Waals surface area (Å²) in [7, 11) is 2.23. The minimum absolute atomic E-state index is 0.328. The molecule has 0 bridgehead atoms. The Kier molecular flexibility index (Phi) is 4.45. The lowest BCUT2D eigenvalue weighted by molar-refractivity contribution is 0.0492. The van der Waals surface area contributed by atoms with Crippen molar-refractivity contribution in [1.82, 2.24) is 9.80 Å². The van der Waals surface area contributed by atoms with Gasteiger partial charge in [-0.25, -0.2) is 0 Å². The third-order valence-corrected chi connectivity index (χ3v) is 4.95. The van der Waals surface area contributed by atoms with Gasteiger partial charge in [-0.1, -0.05) is 13.3 Å². The Balaban J connectivity index is 1.95. The summed E-state index contributed by atoms with van der Waals surface area (Å²) in [6.45, 7) is 8.16. The summed E-state index contributed by atoms with van der Waals surface area (Å²) in [5.74, 6) is 0.933. The molecule has 1 unspecified atom stereocenters. The number of likely N-dealkylation sites (tertiary alicyclic amines) is 2. The van der Waals surface area contributed by atoms with Crippen LogP contribution in [0.25, 0.3) is 0 Å². The number of nitrogens with two attached hydrogens (primary N) is 1. The number of nitrogens with zero attached hydrogens (tertiary/aromatic N) is 2. The summed E-state index contributed by atoms with van der Waals surface area (Å²) in [5, 5.41) is 0. The molecule has 0 spiro atoms. The highest BCUT2D eigenvalue weighted by molar-refractivity contribution is 4.98. The summed E-state index contributed by atoms with van der Waals surface area (Å²) >= 11 is 0. The Morgan fingerprint density at radius 3 is 2.53 bits per heavy atom. The highest BCUT2D eigenvalue weighted by Gasteiger charge is 2.40. The lowest BCUT2D eigenvalue weighted by Gasteiger charge is -2.46. The SMILES string of the molecule is CCCC1CCN(C2(CN)CCN(C)CC2)C1. The molecule has 0 aromatic carbocycles. The van der Waals surface area contributed by atoms with Crippen molar-refractivity contribution in [1.29, 1.82) is 0 Å². The van der Waals surface area contributed by atoms with Crippen molar-refractivity contribution in [2.45, 2.75) is 44.6 Å². The maximum Gasteiger partial charge on any atom is 0.0356 e. The van der Waals surface area contributed by atoms with E-state index in [1.807, 2.05) is 0 Å². The van der Waals surface area contributed by atoms with E-state index in [0.29, 0.717) is 5.54 Å². The standard InChI is InChI=1S/C14H29N3/c1-3-4-13-5-8-17(11-13)14(12-15)6-9-16(2)10-7-14/h13H,3-12,15H2,1-2H3. The molecule has 2 heterocycles. The molecular weight excluding hydrogens is 210 g/mol. The van der Waals surface area contributed by atoms with E-state index in [1.54, 1.807) is 0 Å². The topological polar surface area (TPSA) is 32.5 Å². The second kappa shape index (κ2) is 5.68. The molecule has 3 nitrogen and oxygen atoms in total. The molecule has 100 valence electrons. The summed E-state index contributed by atoms with van der Waals surface area (Å²) in [6, 6.07) is 0. The third kappa shape index (κ3) is 2.83. The van der Waals surface area contributed by atoms with Crippen molar-refractivity contribution in [3.8, 4) is 0 Å². The van der Waals surface area contributed by atoms with Gasteiger partial charge in [0.25, 0.3) is 0 Å². The van der Waals surface area contributed by atoms with Gasteiger partial charge in [0, 0.05) is 18.6 Å². The third-order valence-electron chi connectivity index (χ3n) is 4.95. The Morgan fingerprint density at radius 2 is 1.94 bits per heavy atom. The number of hydrogen-bond donors (Lipinski definition) is 1. The van der Waals surface area contributed by atoms with E-state index in [-0.39, 0.29) is 0 Å². The highest BCUT2D eigenvalue weighted by Crippen LogP contribution is 2.33. The largest absolute Gasteiger partial charge is 0.329 e. The van der Waals surface area contributed by atoms with Crippen LogP contribution in [0.2, 0.25) is 0 Å². The number of hydrogen-bond acceptors (Lipinski definition) is 3. The zero-order valence-electron chi connectivity index (χ0n) is 11.6. The molecule has 1 atom stereocenters. The summed E-state index contributed by atoms with van der Waals surface area (Å²) in [5.41, 5.74) is 6.45. The molecule has 0 aromatic heterocycles. The van der Waals surface area contributed by atoms with Crippen molar-refractivity contribution in [3.05, 3.63) is 0 Å². The van der Waals surface area contributed by atoms with Crippen molar-refractivity contribution in [2.24, 2.45) is 11.7 Å². The second-order valence-electron chi connectivity index (χ2n) is 6.12. The first-order valence-electron chi connectivity index (χ1n) is 7.34. The van der Waals surface area contributed by atoms with Gasteiger partial charge in [0.15, 0.2) is 0 Å². The monoisotopic (exact) mass is 239 g/mol. The molecule has 17 heavy (non-hydrogen) atoms. The van der Waals surface area contributed by atoms with E-state index in [9.17, 15) is 0 Å². The maximum atomic E-state index is 6.12. The number of piperidine rings is 1. The number of rotatable bonds is 4. The Hall–Kier alpha value is -0.120. The van der Waals surface area contributed by atoms with Crippen LogP contribution < -0.4 is 5.73 Å². The van der Waals surface area contributed by atoms with Crippen LogP contribution in [0.5, 0.6) is 0 Å². The predicted molar refractivity (Wildman–Crippen MR) is 73.1 cm³/mol. The lowest BCUT2D eigenvalue weighted by atomic mass is 9.86. The molecule has 0 aliphatic carbocycles. The molecule has 0 radical (unpaired) electrons. The first-order chi connectivity index (χ1) is 8.20. The first kappa shape index (κ1) is 13.3. The lowest BCUT2D eigenvalue weighted by Crippen LogP contribution is -2.58. The predicted octanol–water partition coefficient (Wildman–Crippen LogP) is 1.53. The van der Waals surface area contributed by atoms with Crippen molar-refractivity contribution >= 4 is 0 Å². The van der Waals surface area contributed by atoms with E-state index in [2.05, 4.69) is 23.8 Å². The zero-order chi connectivity index (χ0) is 12.3. The average molecular weight is 239 g/mol. The summed E-state index contributed by atoms with van der Waals surface area (Å²) in [4.78, 5) is 5.16. The van der Waals surface area contributed by atoms with Gasteiger partial charge in [-0.15, -0.1) is 0 Å².